The van der Waals surface area contributed by atoms with Gasteiger partial charge < -0.3 is 0 Å². The van der Waals surface area contributed by atoms with Crippen molar-refractivity contribution in [3.63, 3.8) is 0 Å². The van der Waals surface area contributed by atoms with Crippen LogP contribution in [-0.4, -0.2) is 25.6 Å². The fraction of sp³-hybridized carbons (Fsp3) is 0.667. The maximum Gasteiger partial charge on any atom is 0.0311 e. The summed E-state index contributed by atoms with van der Waals surface area (Å²) >= 11 is 6.89. The molecular formula is C15H23I2N5O2Pt. The zero-order chi connectivity index (χ0) is 18.9. The standard InChI is InChI=1S/C9H12N4O2.C6H11I2N.Pt/c1-10-5-11(2)7-6(10)8(14)13(4)9(15)12(7)3;7-9(8)6-4-2-1-3-5-6;/h1-4H3;6H,1-5H2;. The van der Waals surface area contributed by atoms with Gasteiger partial charge in [0.25, 0.3) is 0 Å². The summed E-state index contributed by atoms with van der Waals surface area (Å²) in [4.78, 5) is 23.8. The van der Waals surface area contributed by atoms with Crippen molar-refractivity contribution in [1.29, 1.82) is 0 Å². The minimum absolute atomic E-state index is 0.264. The molecule has 1 fully saturated rings. The van der Waals surface area contributed by atoms with E-state index in [-0.39, 0.29) is 11.2 Å². The topological polar surface area (TPSA) is 57.1 Å². The summed E-state index contributed by atoms with van der Waals surface area (Å²) in [7, 11) is 6.81. The van der Waals surface area contributed by atoms with Gasteiger partial charge in [0.1, 0.15) is 0 Å². The van der Waals surface area contributed by atoms with Gasteiger partial charge in [-0.25, -0.2) is 0 Å². The van der Waals surface area contributed by atoms with Crippen molar-refractivity contribution < 1.29 is 19.4 Å². The van der Waals surface area contributed by atoms with Gasteiger partial charge in [0.15, 0.2) is 0 Å². The molecule has 1 aliphatic carbocycles. The third kappa shape index (κ3) is 4.40. The molecule has 0 aromatic carbocycles. The Labute approximate surface area is 185 Å². The van der Waals surface area contributed by atoms with Crippen LogP contribution in [0.5, 0.6) is 0 Å². The normalized spacial score (nSPS) is 15.6. The van der Waals surface area contributed by atoms with Crippen LogP contribution < -0.4 is 11.2 Å². The molecule has 0 N–H and O–H groups in total. The second-order valence-electron chi connectivity index (χ2n) is 6.29. The van der Waals surface area contributed by atoms with Crippen molar-refractivity contribution in [2.75, 3.05) is 0 Å². The van der Waals surface area contributed by atoms with E-state index in [2.05, 4.69) is 66.4 Å². The van der Waals surface area contributed by atoms with Gasteiger partial charge in [0, 0.05) is 51.8 Å². The summed E-state index contributed by atoms with van der Waals surface area (Å²) in [6.07, 6.45) is 7.15. The summed E-state index contributed by atoms with van der Waals surface area (Å²) < 4.78 is 9.43. The van der Waals surface area contributed by atoms with Crippen LogP contribution in [0.1, 0.15) is 32.1 Å². The molecule has 0 bridgehead atoms. The quantitative estimate of drug-likeness (QED) is 0.332. The number of halogens is 2. The molecule has 0 amide bonds. The Balaban J connectivity index is 0.000000212. The first-order valence-corrected chi connectivity index (χ1v) is 11.1. The molecule has 144 valence electrons. The van der Waals surface area contributed by atoms with Gasteiger partial charge in [0.2, 0.25) is 0 Å². The maximum atomic E-state index is 12.0. The Bertz CT molecular complexity index is 935. The second-order valence-corrected chi connectivity index (χ2v) is 11.2. The fourth-order valence-corrected chi connectivity index (χ4v) is 4.77. The Morgan fingerprint density at radius 2 is 1.48 bits per heavy atom. The number of rotatable bonds is 1. The van der Waals surface area contributed by atoms with Crippen LogP contribution in [0.3, 0.4) is 0 Å². The van der Waals surface area contributed by atoms with E-state index in [9.17, 15) is 9.59 Å². The monoisotopic (exact) mass is 754 g/mol. The van der Waals surface area contributed by atoms with Crippen LogP contribution in [0.25, 0.3) is 11.2 Å². The van der Waals surface area contributed by atoms with Crippen molar-refractivity contribution in [2.24, 2.45) is 28.2 Å². The molecule has 0 unspecified atom stereocenters. The Kier molecular flexibility index (Phi) is 7.73. The average molecular weight is 754 g/mol. The van der Waals surface area contributed by atoms with Crippen LogP contribution in [0.15, 0.2) is 9.59 Å². The maximum absolute atomic E-state index is 12.0. The van der Waals surface area contributed by atoms with E-state index in [0.29, 0.717) is 11.2 Å². The zero-order valence-corrected chi connectivity index (χ0v) is 21.3. The molecular weight excluding hydrogens is 731 g/mol. The predicted molar refractivity (Wildman–Crippen MR) is 112 cm³/mol. The van der Waals surface area contributed by atoms with Crippen molar-refractivity contribution in [2.45, 2.75) is 38.1 Å². The van der Waals surface area contributed by atoms with Gasteiger partial charge in [0.05, 0.1) is 0 Å². The summed E-state index contributed by atoms with van der Waals surface area (Å²) in [6.45, 7) is 0. The minimum Gasteiger partial charge on any atom is -0.185 e. The first-order valence-electron chi connectivity index (χ1n) is 8.06. The number of hydrogen-bond donors (Lipinski definition) is 0. The first-order chi connectivity index (χ1) is 11.7. The van der Waals surface area contributed by atoms with E-state index >= 15 is 0 Å². The number of aryl methyl sites for hydroxylation is 3. The van der Waals surface area contributed by atoms with E-state index < -0.39 is 0 Å². The van der Waals surface area contributed by atoms with E-state index in [0.717, 1.165) is 14.4 Å². The molecule has 1 saturated carbocycles. The van der Waals surface area contributed by atoms with E-state index in [4.69, 9.17) is 0 Å². The minimum atomic E-state index is -0.310. The van der Waals surface area contributed by atoms with Gasteiger partial charge >= 0.3 is 102 Å². The van der Waals surface area contributed by atoms with Gasteiger partial charge in [-0.05, 0) is 12.8 Å². The molecule has 2 aromatic heterocycles. The molecule has 3 rings (SSSR count). The summed E-state index contributed by atoms with van der Waals surface area (Å²) in [5.41, 5.74) is 0.604. The summed E-state index contributed by atoms with van der Waals surface area (Å²) in [5, 5.41) is 0. The number of imidazole rings is 1. The molecule has 25 heavy (non-hydrogen) atoms. The van der Waals surface area contributed by atoms with Gasteiger partial charge in [-0.3, -0.25) is 0 Å². The number of nitrogens with zero attached hydrogens (tertiary/aromatic N) is 5. The molecule has 7 nitrogen and oxygen atoms in total. The Morgan fingerprint density at radius 3 is 1.96 bits per heavy atom. The van der Waals surface area contributed by atoms with Crippen molar-refractivity contribution >= 4 is 56.9 Å². The summed E-state index contributed by atoms with van der Waals surface area (Å²) in [6, 6.07) is 0.861. The molecule has 0 atom stereocenters. The number of hydrogen-bond acceptors (Lipinski definition) is 3. The zero-order valence-electron chi connectivity index (χ0n) is 14.7. The molecule has 0 spiro atoms. The predicted octanol–water partition coefficient (Wildman–Crippen LogP) is 2.31. The SMILES string of the molecule is Cn1c(=O)c2c(n(C)c1=O)n(C)[c](=[Pt])n2C.IN(I)C1CCCCC1. The Hall–Kier alpha value is 0.258. The second kappa shape index (κ2) is 8.97. The van der Waals surface area contributed by atoms with E-state index in [1.165, 1.54) is 43.7 Å². The van der Waals surface area contributed by atoms with Crippen molar-refractivity contribution in [3.8, 4) is 0 Å². The van der Waals surface area contributed by atoms with Gasteiger partial charge in [-0.1, -0.05) is 19.3 Å². The molecule has 0 aliphatic heterocycles. The van der Waals surface area contributed by atoms with Crippen molar-refractivity contribution in [3.05, 3.63) is 24.6 Å². The van der Waals surface area contributed by atoms with Crippen molar-refractivity contribution in [1.82, 2.24) is 19.6 Å². The molecule has 10 heteroatoms. The smallest absolute Gasteiger partial charge is 0.0311 e. The third-order valence-electron chi connectivity index (χ3n) is 4.63. The number of aromatic nitrogens is 4. The number of fused-ring (bicyclic) bond motifs is 1. The van der Waals surface area contributed by atoms with E-state index in [1.807, 2.05) is 18.7 Å². The Morgan fingerprint density at radius 1 is 0.920 bits per heavy atom. The molecule has 2 heterocycles. The van der Waals surface area contributed by atoms with Crippen LogP contribution in [0.4, 0.5) is 0 Å². The molecule has 2 aromatic rings. The van der Waals surface area contributed by atoms with E-state index in [1.54, 1.807) is 11.6 Å². The van der Waals surface area contributed by atoms with Crippen LogP contribution >= 0.6 is 45.7 Å². The molecule has 1 aliphatic rings. The van der Waals surface area contributed by atoms with Crippen LogP contribution in [-0.2, 0) is 47.5 Å². The van der Waals surface area contributed by atoms with Crippen LogP contribution in [0, 0.1) is 3.80 Å². The van der Waals surface area contributed by atoms with Gasteiger partial charge in [-0.2, -0.15) is 1.33 Å². The largest absolute Gasteiger partial charge is 0.185 e. The third-order valence-corrected chi connectivity index (χ3v) is 7.73. The average Bonchev–Trinajstić information content (AvgIpc) is 2.83. The first kappa shape index (κ1) is 21.6. The van der Waals surface area contributed by atoms with Gasteiger partial charge in [-0.15, -0.1) is 0 Å². The fourth-order valence-electron chi connectivity index (χ4n) is 3.16. The summed E-state index contributed by atoms with van der Waals surface area (Å²) in [5.74, 6) is 0. The van der Waals surface area contributed by atoms with Crippen LogP contribution in [0.2, 0.25) is 0 Å². The molecule has 0 saturated heterocycles. The molecule has 0 radical (unpaired) electrons.